The Kier molecular flexibility index (Phi) is 9.72. The van der Waals surface area contributed by atoms with Gasteiger partial charge in [-0.2, -0.15) is 0 Å². The lowest BCUT2D eigenvalue weighted by Crippen LogP contribution is -2.40. The molecule has 0 aromatic carbocycles. The second-order valence-electron chi connectivity index (χ2n) is 8.84. The summed E-state index contributed by atoms with van der Waals surface area (Å²) in [4.78, 5) is 23.9. The van der Waals surface area contributed by atoms with Gasteiger partial charge >= 0.3 is 6.09 Å². The average Bonchev–Trinajstić information content (AvgIpc) is 3.40. The van der Waals surface area contributed by atoms with Crippen molar-refractivity contribution in [2.24, 2.45) is 23.5 Å². The molecule has 2 unspecified atom stereocenters. The zero-order valence-electron chi connectivity index (χ0n) is 18.0. The number of amides is 2. The molecule has 0 radical (unpaired) electrons. The minimum atomic E-state index is -0.564. The van der Waals surface area contributed by atoms with Crippen molar-refractivity contribution in [2.45, 2.75) is 71.6 Å². The van der Waals surface area contributed by atoms with E-state index in [0.29, 0.717) is 25.4 Å². The number of nitrogens with one attached hydrogen (secondary N) is 2. The van der Waals surface area contributed by atoms with Crippen LogP contribution in [0.1, 0.15) is 59.8 Å². The third kappa shape index (κ3) is 9.92. The summed E-state index contributed by atoms with van der Waals surface area (Å²) in [6, 6.07) is 0. The highest BCUT2D eigenvalue weighted by Gasteiger charge is 2.33. The van der Waals surface area contributed by atoms with E-state index >= 15 is 0 Å². The number of nitrogens with two attached hydrogens (primary N) is 1. The van der Waals surface area contributed by atoms with Gasteiger partial charge in [-0.3, -0.25) is 15.9 Å². The van der Waals surface area contributed by atoms with Crippen LogP contribution in [0.3, 0.4) is 0 Å². The van der Waals surface area contributed by atoms with Crippen LogP contribution < -0.4 is 11.1 Å². The molecule has 0 aromatic rings. The first-order valence-electron chi connectivity index (χ1n) is 10.1. The van der Waals surface area contributed by atoms with Gasteiger partial charge in [-0.05, 0) is 45.4 Å². The Morgan fingerprint density at radius 3 is 2.57 bits per heavy atom. The molecule has 3 atom stereocenters. The summed E-state index contributed by atoms with van der Waals surface area (Å²) in [6.45, 7) is 8.49. The molecule has 0 aliphatic heterocycles. The fraction of sp³-hybridized carbons (Fsp3) is 0.850. The Bertz CT molecular complexity index is 517. The Morgan fingerprint density at radius 2 is 2.04 bits per heavy atom. The van der Waals surface area contributed by atoms with Crippen molar-refractivity contribution < 1.29 is 19.1 Å². The van der Waals surface area contributed by atoms with E-state index in [1.807, 2.05) is 20.8 Å². The summed E-state index contributed by atoms with van der Waals surface area (Å²) in [5.74, 6) is 1.17. The summed E-state index contributed by atoms with van der Waals surface area (Å²) in [6.07, 6.45) is 4.24. The molecule has 1 aliphatic carbocycles. The van der Waals surface area contributed by atoms with E-state index in [-0.39, 0.29) is 24.2 Å². The lowest BCUT2D eigenvalue weighted by molar-refractivity contribution is -0.109. The number of carbonyl (C=O) groups is 2. The number of ether oxygens (including phenoxy) is 2. The maximum atomic E-state index is 12.0. The van der Waals surface area contributed by atoms with E-state index in [2.05, 4.69) is 12.2 Å². The minimum Gasteiger partial charge on any atom is -0.463 e. The number of hydrogen-bond acceptors (Lipinski definition) is 6. The van der Waals surface area contributed by atoms with Crippen LogP contribution in [-0.4, -0.2) is 55.3 Å². The number of hydrogen-bond donors (Lipinski definition) is 3. The van der Waals surface area contributed by atoms with Gasteiger partial charge in [-0.1, -0.05) is 19.8 Å². The van der Waals surface area contributed by atoms with E-state index in [9.17, 15) is 9.59 Å². The normalized spacial score (nSPS) is 17.2. The second-order valence-corrected chi connectivity index (χ2v) is 8.84. The Hall–Kier alpha value is -1.83. The second kappa shape index (κ2) is 11.2. The molecule has 0 heterocycles. The predicted octanol–water partition coefficient (Wildman–Crippen LogP) is 2.71. The Balaban J connectivity index is 2.47. The molecule has 0 aromatic heterocycles. The minimum absolute atomic E-state index is 0.0712. The highest BCUT2D eigenvalue weighted by molar-refractivity contribution is 5.74. The Labute approximate surface area is 169 Å². The van der Waals surface area contributed by atoms with Crippen molar-refractivity contribution in [1.29, 1.82) is 5.41 Å². The molecule has 1 fully saturated rings. The van der Waals surface area contributed by atoms with Crippen LogP contribution in [0.2, 0.25) is 0 Å². The van der Waals surface area contributed by atoms with Crippen LogP contribution in [-0.2, 0) is 14.3 Å². The molecule has 0 spiro atoms. The van der Waals surface area contributed by atoms with Crippen LogP contribution >= 0.6 is 0 Å². The van der Waals surface area contributed by atoms with Crippen molar-refractivity contribution in [3.63, 3.8) is 0 Å². The van der Waals surface area contributed by atoms with Gasteiger partial charge in [0.2, 0.25) is 6.41 Å². The highest BCUT2D eigenvalue weighted by atomic mass is 16.6. The van der Waals surface area contributed by atoms with Crippen LogP contribution in [0.15, 0.2) is 0 Å². The van der Waals surface area contributed by atoms with Gasteiger partial charge < -0.3 is 19.7 Å². The number of nitrogens with zero attached hydrogens (tertiary/aromatic N) is 1. The van der Waals surface area contributed by atoms with Crippen molar-refractivity contribution >= 4 is 18.4 Å². The molecule has 0 bridgehead atoms. The third-order valence-corrected chi connectivity index (χ3v) is 4.94. The first kappa shape index (κ1) is 24.2. The van der Waals surface area contributed by atoms with E-state index in [4.69, 9.17) is 20.6 Å². The number of carbonyl (C=O) groups excluding carboxylic acids is 2. The van der Waals surface area contributed by atoms with Crippen LogP contribution in [0.25, 0.3) is 0 Å². The summed E-state index contributed by atoms with van der Waals surface area (Å²) >= 11 is 0. The molecule has 28 heavy (non-hydrogen) atoms. The first-order chi connectivity index (χ1) is 13.0. The molecular weight excluding hydrogens is 360 g/mol. The monoisotopic (exact) mass is 398 g/mol. The first-order valence-corrected chi connectivity index (χ1v) is 10.1. The number of rotatable bonds is 12. The standard InChI is InChI=1S/C20H38N4O4/c1-14(8-10-23-13-25)16(12-15-6-7-15)18(22)27-17(21)9-11-24(5)19(26)28-20(2,3)4/h13-16,18,21H,6-12,22H2,1-5H3,(H,23,25)/t14?,16-,18?/m1/s1. The fourth-order valence-electron chi connectivity index (χ4n) is 3.02. The lowest BCUT2D eigenvalue weighted by Gasteiger charge is -2.30. The van der Waals surface area contributed by atoms with Crippen molar-refractivity contribution in [3.8, 4) is 0 Å². The van der Waals surface area contributed by atoms with E-state index in [1.54, 1.807) is 7.05 Å². The summed E-state index contributed by atoms with van der Waals surface area (Å²) in [5, 5.41) is 10.8. The molecule has 162 valence electrons. The van der Waals surface area contributed by atoms with Gasteiger partial charge in [0.05, 0.1) is 0 Å². The van der Waals surface area contributed by atoms with Gasteiger partial charge in [0.25, 0.3) is 0 Å². The Morgan fingerprint density at radius 1 is 1.39 bits per heavy atom. The van der Waals surface area contributed by atoms with Crippen LogP contribution in [0.5, 0.6) is 0 Å². The van der Waals surface area contributed by atoms with E-state index in [1.165, 1.54) is 17.7 Å². The van der Waals surface area contributed by atoms with E-state index in [0.717, 1.165) is 12.8 Å². The van der Waals surface area contributed by atoms with Crippen molar-refractivity contribution in [1.82, 2.24) is 10.2 Å². The SMILES string of the molecule is CC(CCNC=O)[C@@H](CC1CC1)C(N)OC(=N)CCN(C)C(=O)OC(C)(C)C. The molecular formula is C20H38N4O4. The summed E-state index contributed by atoms with van der Waals surface area (Å²) in [5.41, 5.74) is 5.74. The molecule has 2 amide bonds. The van der Waals surface area contributed by atoms with Crippen LogP contribution in [0, 0.1) is 23.2 Å². The molecule has 8 heteroatoms. The highest BCUT2D eigenvalue weighted by Crippen LogP contribution is 2.39. The quantitative estimate of drug-likeness (QED) is 0.154. The van der Waals surface area contributed by atoms with Gasteiger partial charge in [0.1, 0.15) is 5.60 Å². The van der Waals surface area contributed by atoms with Crippen LogP contribution in [0.4, 0.5) is 4.79 Å². The molecule has 4 N–H and O–H groups in total. The van der Waals surface area contributed by atoms with Gasteiger partial charge in [0.15, 0.2) is 12.1 Å². The molecule has 0 saturated heterocycles. The fourth-order valence-corrected chi connectivity index (χ4v) is 3.02. The van der Waals surface area contributed by atoms with Gasteiger partial charge in [-0.15, -0.1) is 0 Å². The maximum absolute atomic E-state index is 12.0. The predicted molar refractivity (Wildman–Crippen MR) is 109 cm³/mol. The average molecular weight is 399 g/mol. The molecule has 8 nitrogen and oxygen atoms in total. The summed E-state index contributed by atoms with van der Waals surface area (Å²) < 4.78 is 11.0. The van der Waals surface area contributed by atoms with Crippen molar-refractivity contribution in [2.75, 3.05) is 20.1 Å². The molecule has 1 saturated carbocycles. The third-order valence-electron chi connectivity index (χ3n) is 4.94. The maximum Gasteiger partial charge on any atom is 0.410 e. The molecule has 1 aliphatic rings. The van der Waals surface area contributed by atoms with Crippen molar-refractivity contribution in [3.05, 3.63) is 0 Å². The van der Waals surface area contributed by atoms with Gasteiger partial charge in [0, 0.05) is 32.5 Å². The van der Waals surface area contributed by atoms with Gasteiger partial charge in [-0.25, -0.2) is 4.79 Å². The van der Waals surface area contributed by atoms with E-state index < -0.39 is 17.9 Å². The topological polar surface area (TPSA) is 118 Å². The largest absolute Gasteiger partial charge is 0.463 e. The summed E-state index contributed by atoms with van der Waals surface area (Å²) in [7, 11) is 1.64. The zero-order valence-corrected chi connectivity index (χ0v) is 18.0. The lowest BCUT2D eigenvalue weighted by atomic mass is 9.85. The smallest absolute Gasteiger partial charge is 0.410 e. The molecule has 1 rings (SSSR count). The zero-order chi connectivity index (χ0) is 21.3.